The van der Waals surface area contributed by atoms with Gasteiger partial charge < -0.3 is 4.57 Å². The third-order valence-corrected chi connectivity index (χ3v) is 3.76. The fourth-order valence-electron chi connectivity index (χ4n) is 2.45. The molecule has 116 valence electrons. The zero-order valence-corrected chi connectivity index (χ0v) is 13.3. The van der Waals surface area contributed by atoms with E-state index >= 15 is 0 Å². The number of hydrogen-bond acceptors (Lipinski definition) is 2. The van der Waals surface area contributed by atoms with Gasteiger partial charge in [0.2, 0.25) is 0 Å². The van der Waals surface area contributed by atoms with E-state index in [9.17, 15) is 4.79 Å². The first kappa shape index (κ1) is 15.0. The Hall–Kier alpha value is -2.88. The normalized spacial score (nSPS) is 11.2. The minimum absolute atomic E-state index is 0.0114. The van der Waals surface area contributed by atoms with Gasteiger partial charge in [0, 0.05) is 41.9 Å². The molecule has 0 saturated heterocycles. The smallest absolute Gasteiger partial charge is 0.185 e. The van der Waals surface area contributed by atoms with Crippen LogP contribution in [0, 0.1) is 6.92 Å². The molecule has 0 atom stereocenters. The number of ketones is 1. The van der Waals surface area contributed by atoms with Gasteiger partial charge in [0.05, 0.1) is 5.69 Å². The molecule has 2 aromatic heterocycles. The van der Waals surface area contributed by atoms with Crippen molar-refractivity contribution in [3.63, 3.8) is 0 Å². The number of carbonyl (C=O) groups excluding carboxylic acids is 1. The number of allylic oxidation sites excluding steroid dienone is 1. The highest BCUT2D eigenvalue weighted by atomic mass is 16.1. The number of hydrogen-bond donors (Lipinski definition) is 0. The second kappa shape index (κ2) is 6.48. The maximum atomic E-state index is 12.4. The highest BCUT2D eigenvalue weighted by molar-refractivity contribution is 6.07. The monoisotopic (exact) mass is 305 g/mol. The van der Waals surface area contributed by atoms with Crippen LogP contribution in [0.4, 0.5) is 0 Å². The Morgan fingerprint density at radius 3 is 2.70 bits per heavy atom. The van der Waals surface area contributed by atoms with Crippen molar-refractivity contribution in [3.8, 4) is 5.69 Å². The summed E-state index contributed by atoms with van der Waals surface area (Å²) < 4.78 is 3.85. The summed E-state index contributed by atoms with van der Waals surface area (Å²) in [5, 5.41) is 4.38. The van der Waals surface area contributed by atoms with Crippen LogP contribution in [0.1, 0.15) is 28.5 Å². The third kappa shape index (κ3) is 3.31. The Bertz CT molecular complexity index is 841. The van der Waals surface area contributed by atoms with E-state index in [0.717, 1.165) is 23.5 Å². The van der Waals surface area contributed by atoms with Crippen LogP contribution in [0.25, 0.3) is 11.8 Å². The summed E-state index contributed by atoms with van der Waals surface area (Å²) in [6.07, 6.45) is 9.32. The largest absolute Gasteiger partial charge is 0.324 e. The van der Waals surface area contributed by atoms with E-state index in [4.69, 9.17) is 0 Å². The summed E-state index contributed by atoms with van der Waals surface area (Å²) in [6.45, 7) is 4.81. The van der Waals surface area contributed by atoms with Crippen LogP contribution in [0.5, 0.6) is 0 Å². The van der Waals surface area contributed by atoms with Gasteiger partial charge in [-0.05, 0) is 50.3 Å². The fraction of sp³-hybridized carbons (Fsp3) is 0.158. The van der Waals surface area contributed by atoms with E-state index in [-0.39, 0.29) is 5.78 Å². The van der Waals surface area contributed by atoms with Crippen molar-refractivity contribution in [3.05, 3.63) is 77.9 Å². The molecule has 0 aliphatic heterocycles. The second-order valence-electron chi connectivity index (χ2n) is 5.36. The zero-order chi connectivity index (χ0) is 16.2. The lowest BCUT2D eigenvalue weighted by Gasteiger charge is -2.04. The molecule has 2 heterocycles. The fourth-order valence-corrected chi connectivity index (χ4v) is 2.45. The van der Waals surface area contributed by atoms with Gasteiger partial charge in [0.1, 0.15) is 0 Å². The van der Waals surface area contributed by atoms with Crippen LogP contribution in [0.15, 0.2) is 61.1 Å². The Balaban J connectivity index is 1.82. The molecule has 0 radical (unpaired) electrons. The van der Waals surface area contributed by atoms with Gasteiger partial charge in [0.25, 0.3) is 0 Å². The van der Waals surface area contributed by atoms with Crippen LogP contribution in [-0.2, 0) is 6.54 Å². The third-order valence-electron chi connectivity index (χ3n) is 3.76. The molecular weight excluding hydrogens is 286 g/mol. The minimum Gasteiger partial charge on any atom is -0.324 e. The Morgan fingerprint density at radius 2 is 2.00 bits per heavy atom. The highest BCUT2D eigenvalue weighted by Gasteiger charge is 2.05. The van der Waals surface area contributed by atoms with E-state index < -0.39 is 0 Å². The Labute approximate surface area is 135 Å². The van der Waals surface area contributed by atoms with Crippen molar-refractivity contribution in [1.29, 1.82) is 0 Å². The van der Waals surface area contributed by atoms with Crippen LogP contribution in [0.2, 0.25) is 0 Å². The van der Waals surface area contributed by atoms with Gasteiger partial charge in [-0.1, -0.05) is 12.1 Å². The molecule has 0 aliphatic carbocycles. The number of carbonyl (C=O) groups is 1. The number of rotatable bonds is 5. The average molecular weight is 305 g/mol. The van der Waals surface area contributed by atoms with E-state index in [2.05, 4.69) is 5.10 Å². The van der Waals surface area contributed by atoms with E-state index in [0.29, 0.717) is 5.56 Å². The number of aromatic nitrogens is 3. The summed E-state index contributed by atoms with van der Waals surface area (Å²) in [6, 6.07) is 11.5. The summed E-state index contributed by atoms with van der Waals surface area (Å²) >= 11 is 0. The topological polar surface area (TPSA) is 39.8 Å². The number of nitrogens with zero attached hydrogens (tertiary/aromatic N) is 3. The first-order valence-corrected chi connectivity index (χ1v) is 7.67. The maximum Gasteiger partial charge on any atom is 0.185 e. The molecule has 0 fully saturated rings. The molecule has 4 heteroatoms. The molecule has 3 rings (SSSR count). The predicted octanol–water partition coefficient (Wildman–Crippen LogP) is 3.90. The van der Waals surface area contributed by atoms with Gasteiger partial charge in [-0.15, -0.1) is 0 Å². The molecule has 0 unspecified atom stereocenters. The number of benzene rings is 1. The van der Waals surface area contributed by atoms with Crippen LogP contribution in [0.3, 0.4) is 0 Å². The van der Waals surface area contributed by atoms with Gasteiger partial charge in [-0.25, -0.2) is 0 Å². The molecule has 1 aromatic carbocycles. The quantitative estimate of drug-likeness (QED) is 0.530. The maximum absolute atomic E-state index is 12.4. The first-order chi connectivity index (χ1) is 11.2. The molecule has 4 nitrogen and oxygen atoms in total. The summed E-state index contributed by atoms with van der Waals surface area (Å²) in [5.41, 5.74) is 3.55. The van der Waals surface area contributed by atoms with Crippen molar-refractivity contribution >= 4 is 11.9 Å². The Morgan fingerprint density at radius 1 is 1.22 bits per heavy atom. The second-order valence-corrected chi connectivity index (χ2v) is 5.36. The Kier molecular flexibility index (Phi) is 4.24. The van der Waals surface area contributed by atoms with Crippen molar-refractivity contribution in [1.82, 2.24) is 14.3 Å². The zero-order valence-electron chi connectivity index (χ0n) is 13.3. The standard InChI is InChI=1S/C19H19N3O/c1-3-22-14-17(15(2)20-22)9-10-19(23)16-7-6-8-18(13-16)21-11-4-5-12-21/h4-14H,3H2,1-2H3/b10-9+. The SMILES string of the molecule is CCn1cc(/C=C/C(=O)c2cccc(-n3cccc3)c2)c(C)n1. The first-order valence-electron chi connectivity index (χ1n) is 7.67. The summed E-state index contributed by atoms with van der Waals surface area (Å²) in [5.74, 6) is -0.0114. The van der Waals surface area contributed by atoms with Gasteiger partial charge in [0.15, 0.2) is 5.78 Å². The van der Waals surface area contributed by atoms with Crippen LogP contribution >= 0.6 is 0 Å². The van der Waals surface area contributed by atoms with Crippen molar-refractivity contribution in [2.45, 2.75) is 20.4 Å². The van der Waals surface area contributed by atoms with Gasteiger partial charge in [-0.2, -0.15) is 5.10 Å². The lowest BCUT2D eigenvalue weighted by molar-refractivity contribution is 0.104. The molecule has 0 amide bonds. The molecule has 0 saturated carbocycles. The lowest BCUT2D eigenvalue weighted by Crippen LogP contribution is -1.97. The van der Waals surface area contributed by atoms with Gasteiger partial charge in [-0.3, -0.25) is 9.48 Å². The summed E-state index contributed by atoms with van der Waals surface area (Å²) in [4.78, 5) is 12.4. The summed E-state index contributed by atoms with van der Waals surface area (Å²) in [7, 11) is 0. The predicted molar refractivity (Wildman–Crippen MR) is 91.8 cm³/mol. The lowest BCUT2D eigenvalue weighted by atomic mass is 10.1. The molecule has 0 N–H and O–H groups in total. The van der Waals surface area contributed by atoms with E-state index in [1.165, 1.54) is 0 Å². The van der Waals surface area contributed by atoms with Crippen molar-refractivity contribution in [2.75, 3.05) is 0 Å². The minimum atomic E-state index is -0.0114. The molecule has 0 spiro atoms. The number of aryl methyl sites for hydroxylation is 2. The molecule has 0 aliphatic rings. The molecule has 3 aromatic rings. The van der Waals surface area contributed by atoms with E-state index in [1.807, 2.05) is 84.2 Å². The highest BCUT2D eigenvalue weighted by Crippen LogP contribution is 2.13. The van der Waals surface area contributed by atoms with Crippen molar-refractivity contribution in [2.24, 2.45) is 0 Å². The van der Waals surface area contributed by atoms with Crippen LogP contribution in [-0.4, -0.2) is 20.1 Å². The van der Waals surface area contributed by atoms with Crippen LogP contribution < -0.4 is 0 Å². The van der Waals surface area contributed by atoms with Gasteiger partial charge >= 0.3 is 0 Å². The van der Waals surface area contributed by atoms with Crippen molar-refractivity contribution < 1.29 is 4.79 Å². The van der Waals surface area contributed by atoms with E-state index in [1.54, 1.807) is 6.08 Å². The molecular formula is C19H19N3O. The average Bonchev–Trinajstić information content (AvgIpc) is 3.22. The molecule has 23 heavy (non-hydrogen) atoms. The molecule has 0 bridgehead atoms.